The van der Waals surface area contributed by atoms with E-state index in [4.69, 9.17) is 0 Å². The van der Waals surface area contributed by atoms with Gasteiger partial charge in [0.15, 0.2) is 0 Å². The van der Waals surface area contributed by atoms with Crippen molar-refractivity contribution in [2.45, 2.75) is 39.0 Å². The van der Waals surface area contributed by atoms with Crippen LogP contribution in [0, 0.1) is 17.2 Å². The lowest BCUT2D eigenvalue weighted by Crippen LogP contribution is -2.48. The Hall–Kier alpha value is -1.91. The maximum atomic E-state index is 13.6. The van der Waals surface area contributed by atoms with Crippen LogP contribution in [0.4, 0.5) is 4.39 Å². The summed E-state index contributed by atoms with van der Waals surface area (Å²) in [6.07, 6.45) is 3.71. The molecular weight excluding hydrogens is 307 g/mol. The highest BCUT2D eigenvalue weighted by atomic mass is 19.1. The molecule has 0 atom stereocenters. The lowest BCUT2D eigenvalue weighted by atomic mass is 9.96. The molecule has 1 aliphatic heterocycles. The van der Waals surface area contributed by atoms with E-state index in [-0.39, 0.29) is 17.6 Å². The molecule has 5 heteroatoms. The fourth-order valence-electron chi connectivity index (χ4n) is 3.36. The average molecular weight is 332 g/mol. The summed E-state index contributed by atoms with van der Waals surface area (Å²) in [4.78, 5) is 27.1. The van der Waals surface area contributed by atoms with E-state index in [1.165, 1.54) is 6.07 Å². The van der Waals surface area contributed by atoms with Gasteiger partial charge in [0.25, 0.3) is 0 Å². The standard InChI is InChI=1S/C19H25FN2O2/c1-14-7-12-22(13-8-14)18(24)19(9-10-19)17(23)21-11-6-15-4-2-3-5-16(15)20/h2-5,14H,6-13H2,1H3,(H,21,23). The monoisotopic (exact) mass is 332 g/mol. The van der Waals surface area contributed by atoms with Gasteiger partial charge >= 0.3 is 0 Å². The van der Waals surface area contributed by atoms with Crippen LogP contribution in [0.1, 0.15) is 38.2 Å². The van der Waals surface area contributed by atoms with Gasteiger partial charge in [-0.05, 0) is 49.7 Å². The van der Waals surface area contributed by atoms with Gasteiger partial charge in [0, 0.05) is 19.6 Å². The Morgan fingerprint density at radius 3 is 2.54 bits per heavy atom. The van der Waals surface area contributed by atoms with Crippen molar-refractivity contribution in [3.8, 4) is 0 Å². The van der Waals surface area contributed by atoms with Crippen molar-refractivity contribution in [2.24, 2.45) is 11.3 Å². The van der Waals surface area contributed by atoms with E-state index >= 15 is 0 Å². The SMILES string of the molecule is CC1CCN(C(=O)C2(C(=O)NCCc3ccccc3F)CC2)CC1. The van der Waals surface area contributed by atoms with Gasteiger partial charge in [-0.15, -0.1) is 0 Å². The summed E-state index contributed by atoms with van der Waals surface area (Å²) in [6, 6.07) is 6.56. The summed E-state index contributed by atoms with van der Waals surface area (Å²) in [7, 11) is 0. The molecule has 1 saturated carbocycles. The third kappa shape index (κ3) is 3.45. The molecule has 2 aliphatic rings. The largest absolute Gasteiger partial charge is 0.355 e. The number of carbonyl (C=O) groups excluding carboxylic acids is 2. The second-order valence-corrected chi connectivity index (χ2v) is 7.15. The zero-order valence-corrected chi connectivity index (χ0v) is 14.2. The molecule has 24 heavy (non-hydrogen) atoms. The first-order valence-electron chi connectivity index (χ1n) is 8.84. The highest BCUT2D eigenvalue weighted by Crippen LogP contribution is 2.48. The number of piperidine rings is 1. The van der Waals surface area contributed by atoms with Gasteiger partial charge in [0.2, 0.25) is 11.8 Å². The van der Waals surface area contributed by atoms with E-state index in [1.54, 1.807) is 18.2 Å². The van der Waals surface area contributed by atoms with E-state index in [0.29, 0.717) is 37.3 Å². The molecule has 2 amide bonds. The summed E-state index contributed by atoms with van der Waals surface area (Å²) in [5.41, 5.74) is -0.269. The summed E-state index contributed by atoms with van der Waals surface area (Å²) in [5.74, 6) is 0.186. The molecule has 1 aromatic rings. The summed E-state index contributed by atoms with van der Waals surface area (Å²) >= 11 is 0. The molecule has 1 saturated heterocycles. The molecular formula is C19H25FN2O2. The Labute approximate surface area is 142 Å². The highest BCUT2D eigenvalue weighted by molar-refractivity contribution is 6.07. The van der Waals surface area contributed by atoms with Gasteiger partial charge in [-0.1, -0.05) is 25.1 Å². The molecule has 1 aliphatic carbocycles. The van der Waals surface area contributed by atoms with Crippen molar-refractivity contribution in [1.29, 1.82) is 0 Å². The van der Waals surface area contributed by atoms with Crippen LogP contribution in [0.3, 0.4) is 0 Å². The first-order valence-corrected chi connectivity index (χ1v) is 8.84. The minimum absolute atomic E-state index is 0.0159. The van der Waals surface area contributed by atoms with Crippen LogP contribution in [0.25, 0.3) is 0 Å². The van der Waals surface area contributed by atoms with E-state index in [2.05, 4.69) is 12.2 Å². The van der Waals surface area contributed by atoms with Crippen molar-refractivity contribution in [2.75, 3.05) is 19.6 Å². The van der Waals surface area contributed by atoms with Gasteiger partial charge in [-0.3, -0.25) is 9.59 Å². The number of hydrogen-bond acceptors (Lipinski definition) is 2. The van der Waals surface area contributed by atoms with Crippen molar-refractivity contribution >= 4 is 11.8 Å². The molecule has 1 heterocycles. The third-order valence-corrected chi connectivity index (χ3v) is 5.30. The maximum Gasteiger partial charge on any atom is 0.238 e. The zero-order chi connectivity index (χ0) is 17.2. The fourth-order valence-corrected chi connectivity index (χ4v) is 3.36. The molecule has 0 bridgehead atoms. The Morgan fingerprint density at radius 1 is 1.25 bits per heavy atom. The molecule has 1 N–H and O–H groups in total. The maximum absolute atomic E-state index is 13.6. The molecule has 2 fully saturated rings. The Balaban J connectivity index is 1.52. The minimum Gasteiger partial charge on any atom is -0.355 e. The highest BCUT2D eigenvalue weighted by Gasteiger charge is 2.57. The van der Waals surface area contributed by atoms with Crippen LogP contribution >= 0.6 is 0 Å². The number of hydrogen-bond donors (Lipinski definition) is 1. The van der Waals surface area contributed by atoms with E-state index in [0.717, 1.165) is 25.9 Å². The number of rotatable bonds is 5. The second kappa shape index (κ2) is 6.91. The Morgan fingerprint density at radius 2 is 1.92 bits per heavy atom. The van der Waals surface area contributed by atoms with Gasteiger partial charge in [0.1, 0.15) is 11.2 Å². The normalized spacial score (nSPS) is 19.8. The molecule has 130 valence electrons. The van der Waals surface area contributed by atoms with Crippen molar-refractivity contribution < 1.29 is 14.0 Å². The molecule has 0 spiro atoms. The molecule has 3 rings (SSSR count). The number of halogens is 1. The van der Waals surface area contributed by atoms with Crippen LogP contribution in [0.15, 0.2) is 24.3 Å². The van der Waals surface area contributed by atoms with Crippen molar-refractivity contribution in [3.63, 3.8) is 0 Å². The first kappa shape index (κ1) is 16.9. The molecule has 4 nitrogen and oxygen atoms in total. The molecule has 0 unspecified atom stereocenters. The van der Waals surface area contributed by atoms with Crippen LogP contribution in [0.2, 0.25) is 0 Å². The van der Waals surface area contributed by atoms with E-state index in [1.807, 2.05) is 4.90 Å². The Bertz CT molecular complexity index is 620. The number of nitrogens with zero attached hydrogens (tertiary/aromatic N) is 1. The smallest absolute Gasteiger partial charge is 0.238 e. The number of nitrogens with one attached hydrogen (secondary N) is 1. The molecule has 0 radical (unpaired) electrons. The molecule has 0 aromatic heterocycles. The zero-order valence-electron chi connectivity index (χ0n) is 14.2. The van der Waals surface area contributed by atoms with Gasteiger partial charge in [-0.25, -0.2) is 4.39 Å². The van der Waals surface area contributed by atoms with E-state index in [9.17, 15) is 14.0 Å². The Kier molecular flexibility index (Phi) is 4.88. The second-order valence-electron chi connectivity index (χ2n) is 7.15. The number of likely N-dealkylation sites (tertiary alicyclic amines) is 1. The van der Waals surface area contributed by atoms with E-state index < -0.39 is 5.41 Å². The predicted octanol–water partition coefficient (Wildman–Crippen LogP) is 2.52. The summed E-state index contributed by atoms with van der Waals surface area (Å²) in [5, 5.41) is 2.84. The van der Waals surface area contributed by atoms with Crippen LogP contribution < -0.4 is 5.32 Å². The lowest BCUT2D eigenvalue weighted by molar-refractivity contribution is -0.145. The average Bonchev–Trinajstić information content (AvgIpc) is 3.38. The van der Waals surface area contributed by atoms with Crippen LogP contribution in [-0.4, -0.2) is 36.3 Å². The molecule has 1 aromatic carbocycles. The quantitative estimate of drug-likeness (QED) is 0.843. The minimum atomic E-state index is -0.851. The first-order chi connectivity index (χ1) is 11.5. The number of amides is 2. The predicted molar refractivity (Wildman–Crippen MR) is 89.8 cm³/mol. The van der Waals surface area contributed by atoms with Crippen LogP contribution in [-0.2, 0) is 16.0 Å². The summed E-state index contributed by atoms with van der Waals surface area (Å²) < 4.78 is 13.6. The fraction of sp³-hybridized carbons (Fsp3) is 0.579. The van der Waals surface area contributed by atoms with Gasteiger partial charge in [-0.2, -0.15) is 0 Å². The number of carbonyl (C=O) groups is 2. The van der Waals surface area contributed by atoms with Crippen molar-refractivity contribution in [3.05, 3.63) is 35.6 Å². The van der Waals surface area contributed by atoms with Crippen LogP contribution in [0.5, 0.6) is 0 Å². The van der Waals surface area contributed by atoms with Gasteiger partial charge < -0.3 is 10.2 Å². The summed E-state index contributed by atoms with van der Waals surface area (Å²) in [6.45, 7) is 4.06. The number of benzene rings is 1. The van der Waals surface area contributed by atoms with Crippen molar-refractivity contribution in [1.82, 2.24) is 10.2 Å². The third-order valence-electron chi connectivity index (χ3n) is 5.30. The van der Waals surface area contributed by atoms with Gasteiger partial charge in [0.05, 0.1) is 0 Å². The lowest BCUT2D eigenvalue weighted by Gasteiger charge is -2.32. The topological polar surface area (TPSA) is 49.4 Å².